The number of carbonyl (C=O) groups is 1. The molecule has 1 rings (SSSR count). The van der Waals surface area contributed by atoms with Crippen LogP contribution in [0.25, 0.3) is 0 Å². The van der Waals surface area contributed by atoms with E-state index in [-0.39, 0.29) is 5.91 Å². The average molecular weight is 271 g/mol. The third-order valence-corrected chi connectivity index (χ3v) is 2.55. The van der Waals surface area contributed by atoms with Crippen LogP contribution in [-0.4, -0.2) is 25.7 Å². The summed E-state index contributed by atoms with van der Waals surface area (Å²) in [6.45, 7) is 5.78. The second kappa shape index (κ2) is 7.24. The lowest BCUT2D eigenvalue weighted by Crippen LogP contribution is -2.28. The number of nitrogen functional groups attached to an aromatic ring is 1. The first-order valence-electron chi connectivity index (χ1n) is 5.91. The van der Waals surface area contributed by atoms with Gasteiger partial charge in [-0.3, -0.25) is 4.79 Å². The van der Waals surface area contributed by atoms with Gasteiger partial charge < -0.3 is 15.8 Å². The summed E-state index contributed by atoms with van der Waals surface area (Å²) in [5, 5.41) is 3.13. The number of amides is 1. The van der Waals surface area contributed by atoms with Crippen molar-refractivity contribution in [1.82, 2.24) is 5.32 Å². The highest BCUT2D eigenvalue weighted by molar-refractivity contribution is 6.34. The van der Waals surface area contributed by atoms with Crippen LogP contribution in [0.3, 0.4) is 0 Å². The van der Waals surface area contributed by atoms with Crippen molar-refractivity contribution in [1.29, 1.82) is 0 Å². The van der Waals surface area contributed by atoms with E-state index in [0.29, 0.717) is 41.9 Å². The van der Waals surface area contributed by atoms with Crippen LogP contribution in [-0.2, 0) is 4.74 Å². The van der Waals surface area contributed by atoms with Crippen LogP contribution in [0.1, 0.15) is 24.2 Å². The molecule has 100 valence electrons. The summed E-state index contributed by atoms with van der Waals surface area (Å²) in [5.74, 6) is 0.254. The SMILES string of the molecule is CC(C)COCCNC(=O)c1cc(N)ccc1Cl. The van der Waals surface area contributed by atoms with E-state index in [1.165, 1.54) is 0 Å². The molecule has 0 fully saturated rings. The second-order valence-corrected chi connectivity index (χ2v) is 4.87. The zero-order valence-corrected chi connectivity index (χ0v) is 11.5. The van der Waals surface area contributed by atoms with Gasteiger partial charge >= 0.3 is 0 Å². The molecule has 0 saturated carbocycles. The summed E-state index contributed by atoms with van der Waals surface area (Å²) in [4.78, 5) is 11.8. The number of benzene rings is 1. The third kappa shape index (κ3) is 4.94. The monoisotopic (exact) mass is 270 g/mol. The molecule has 0 atom stereocenters. The molecule has 1 aromatic carbocycles. The maximum Gasteiger partial charge on any atom is 0.252 e. The molecule has 18 heavy (non-hydrogen) atoms. The first-order chi connectivity index (χ1) is 8.50. The zero-order valence-electron chi connectivity index (χ0n) is 10.7. The molecule has 4 nitrogen and oxygen atoms in total. The molecule has 1 aromatic rings. The molecular weight excluding hydrogens is 252 g/mol. The highest BCUT2D eigenvalue weighted by atomic mass is 35.5. The van der Waals surface area contributed by atoms with E-state index in [4.69, 9.17) is 22.1 Å². The van der Waals surface area contributed by atoms with Gasteiger partial charge in [0.2, 0.25) is 0 Å². The Morgan fingerprint density at radius 2 is 2.22 bits per heavy atom. The predicted molar refractivity (Wildman–Crippen MR) is 73.9 cm³/mol. The maximum atomic E-state index is 11.8. The number of hydrogen-bond acceptors (Lipinski definition) is 3. The zero-order chi connectivity index (χ0) is 13.5. The molecule has 0 radical (unpaired) electrons. The van der Waals surface area contributed by atoms with Gasteiger partial charge in [-0.15, -0.1) is 0 Å². The molecule has 0 spiro atoms. The summed E-state index contributed by atoms with van der Waals surface area (Å²) in [6.07, 6.45) is 0. The fraction of sp³-hybridized carbons (Fsp3) is 0.462. The minimum atomic E-state index is -0.236. The van der Waals surface area contributed by atoms with Crippen LogP contribution in [0.2, 0.25) is 5.02 Å². The average Bonchev–Trinajstić information content (AvgIpc) is 2.31. The summed E-state index contributed by atoms with van der Waals surface area (Å²) in [5.41, 5.74) is 6.52. The smallest absolute Gasteiger partial charge is 0.252 e. The van der Waals surface area contributed by atoms with Crippen molar-refractivity contribution >= 4 is 23.2 Å². The molecule has 5 heteroatoms. The highest BCUT2D eigenvalue weighted by Gasteiger charge is 2.09. The molecule has 0 aliphatic carbocycles. The Bertz CT molecular complexity index is 408. The maximum absolute atomic E-state index is 11.8. The van der Waals surface area contributed by atoms with Gasteiger partial charge in [-0.2, -0.15) is 0 Å². The Balaban J connectivity index is 2.39. The van der Waals surface area contributed by atoms with Crippen molar-refractivity contribution in [3.8, 4) is 0 Å². The van der Waals surface area contributed by atoms with E-state index in [1.54, 1.807) is 18.2 Å². The van der Waals surface area contributed by atoms with Crippen molar-refractivity contribution in [2.24, 2.45) is 5.92 Å². The lowest BCUT2D eigenvalue weighted by Gasteiger charge is -2.09. The summed E-state index contributed by atoms with van der Waals surface area (Å²) >= 11 is 5.93. The Morgan fingerprint density at radius 1 is 1.50 bits per heavy atom. The predicted octanol–water partition coefficient (Wildman–Crippen LogP) is 2.32. The van der Waals surface area contributed by atoms with E-state index in [9.17, 15) is 4.79 Å². The van der Waals surface area contributed by atoms with E-state index in [0.717, 1.165) is 0 Å². The fourth-order valence-corrected chi connectivity index (χ4v) is 1.57. The molecule has 0 heterocycles. The van der Waals surface area contributed by atoms with Crippen LogP contribution in [0.5, 0.6) is 0 Å². The summed E-state index contributed by atoms with van der Waals surface area (Å²) in [7, 11) is 0. The van der Waals surface area contributed by atoms with Gasteiger partial charge in [-0.05, 0) is 24.1 Å². The van der Waals surface area contributed by atoms with E-state index in [1.807, 2.05) is 0 Å². The third-order valence-electron chi connectivity index (χ3n) is 2.22. The molecule has 0 bridgehead atoms. The lowest BCUT2D eigenvalue weighted by atomic mass is 10.2. The first kappa shape index (κ1) is 14.8. The molecule has 1 amide bonds. The molecule has 0 aromatic heterocycles. The topological polar surface area (TPSA) is 64.3 Å². The number of carbonyl (C=O) groups excluding carboxylic acids is 1. The van der Waals surface area contributed by atoms with Crippen molar-refractivity contribution in [3.63, 3.8) is 0 Å². The quantitative estimate of drug-likeness (QED) is 0.616. The number of ether oxygens (including phenoxy) is 1. The van der Waals surface area contributed by atoms with Crippen LogP contribution in [0.15, 0.2) is 18.2 Å². The van der Waals surface area contributed by atoms with E-state index in [2.05, 4.69) is 19.2 Å². The Morgan fingerprint density at radius 3 is 2.89 bits per heavy atom. The molecule has 0 aliphatic heterocycles. The van der Waals surface area contributed by atoms with Gasteiger partial charge in [0.1, 0.15) is 0 Å². The van der Waals surface area contributed by atoms with Crippen LogP contribution >= 0.6 is 11.6 Å². The van der Waals surface area contributed by atoms with Gasteiger partial charge in [-0.1, -0.05) is 25.4 Å². The standard InChI is InChI=1S/C13H19ClN2O2/c1-9(2)8-18-6-5-16-13(17)11-7-10(15)3-4-12(11)14/h3-4,7,9H,5-6,8,15H2,1-2H3,(H,16,17). The highest BCUT2D eigenvalue weighted by Crippen LogP contribution is 2.18. The molecule has 3 N–H and O–H groups in total. The number of rotatable bonds is 6. The second-order valence-electron chi connectivity index (χ2n) is 4.46. The largest absolute Gasteiger partial charge is 0.399 e. The van der Waals surface area contributed by atoms with Crippen molar-refractivity contribution in [2.45, 2.75) is 13.8 Å². The van der Waals surface area contributed by atoms with Gasteiger partial charge in [-0.25, -0.2) is 0 Å². The van der Waals surface area contributed by atoms with Crippen LogP contribution < -0.4 is 11.1 Å². The lowest BCUT2D eigenvalue weighted by molar-refractivity contribution is 0.0886. The number of nitrogens with one attached hydrogen (secondary N) is 1. The first-order valence-corrected chi connectivity index (χ1v) is 6.29. The number of nitrogens with two attached hydrogens (primary N) is 1. The van der Waals surface area contributed by atoms with E-state index >= 15 is 0 Å². The fourth-order valence-electron chi connectivity index (χ4n) is 1.37. The molecule has 0 saturated heterocycles. The Hall–Kier alpha value is -1.26. The van der Waals surface area contributed by atoms with Crippen molar-refractivity contribution < 1.29 is 9.53 Å². The Labute approximate surface area is 112 Å². The van der Waals surface area contributed by atoms with Gasteiger partial charge in [0, 0.05) is 18.8 Å². The summed E-state index contributed by atoms with van der Waals surface area (Å²) < 4.78 is 5.36. The van der Waals surface area contributed by atoms with Crippen LogP contribution in [0.4, 0.5) is 5.69 Å². The molecular formula is C13H19ClN2O2. The Kier molecular flexibility index (Phi) is 5.95. The summed E-state index contributed by atoms with van der Waals surface area (Å²) in [6, 6.07) is 4.83. The van der Waals surface area contributed by atoms with Crippen molar-refractivity contribution in [2.75, 3.05) is 25.5 Å². The number of hydrogen-bond donors (Lipinski definition) is 2. The minimum absolute atomic E-state index is 0.236. The van der Waals surface area contributed by atoms with Gasteiger partial charge in [0.05, 0.1) is 17.2 Å². The van der Waals surface area contributed by atoms with Crippen LogP contribution in [0, 0.1) is 5.92 Å². The normalized spacial score (nSPS) is 10.7. The molecule has 0 aliphatic rings. The molecule has 0 unspecified atom stereocenters. The number of anilines is 1. The van der Waals surface area contributed by atoms with Gasteiger partial charge in [0.25, 0.3) is 5.91 Å². The van der Waals surface area contributed by atoms with E-state index < -0.39 is 0 Å². The minimum Gasteiger partial charge on any atom is -0.399 e. The van der Waals surface area contributed by atoms with Crippen molar-refractivity contribution in [3.05, 3.63) is 28.8 Å². The number of halogens is 1. The van der Waals surface area contributed by atoms with Gasteiger partial charge in [0.15, 0.2) is 0 Å².